The highest BCUT2D eigenvalue weighted by Crippen LogP contribution is 2.31. The van der Waals surface area contributed by atoms with Crippen LogP contribution in [0.3, 0.4) is 0 Å². The van der Waals surface area contributed by atoms with Crippen LogP contribution in [-0.2, 0) is 6.42 Å². The van der Waals surface area contributed by atoms with E-state index in [4.69, 9.17) is 5.41 Å². The van der Waals surface area contributed by atoms with E-state index in [0.29, 0.717) is 34.5 Å². The van der Waals surface area contributed by atoms with Gasteiger partial charge in [-0.3, -0.25) is 0 Å². The van der Waals surface area contributed by atoms with Crippen LogP contribution in [0, 0.1) is 5.41 Å². The number of hydrogen-bond acceptors (Lipinski definition) is 6. The fourth-order valence-corrected chi connectivity index (χ4v) is 3.40. The molecule has 0 bridgehead atoms. The summed E-state index contributed by atoms with van der Waals surface area (Å²) in [5.74, 6) is 0.468. The first kappa shape index (κ1) is 23.3. The molecule has 0 radical (unpaired) electrons. The summed E-state index contributed by atoms with van der Waals surface area (Å²) in [5.41, 5.74) is 3.19. The van der Waals surface area contributed by atoms with Crippen molar-refractivity contribution in [1.82, 2.24) is 15.6 Å². The lowest BCUT2D eigenvalue weighted by Crippen LogP contribution is -2.57. The Kier molecular flexibility index (Phi) is 7.19. The van der Waals surface area contributed by atoms with Crippen LogP contribution >= 0.6 is 0 Å². The van der Waals surface area contributed by atoms with Crippen LogP contribution in [0.1, 0.15) is 11.1 Å². The van der Waals surface area contributed by atoms with E-state index < -0.39 is 12.6 Å². The molecular weight excluding hydrogens is 417 g/mol. The zero-order valence-corrected chi connectivity index (χ0v) is 17.9. The van der Waals surface area contributed by atoms with Crippen molar-refractivity contribution >= 4 is 22.9 Å². The molecule has 2 heterocycles. The van der Waals surface area contributed by atoms with E-state index in [-0.39, 0.29) is 12.1 Å². The third kappa shape index (κ3) is 5.88. The van der Waals surface area contributed by atoms with Crippen molar-refractivity contribution in [1.29, 1.82) is 5.41 Å². The topological polar surface area (TPSA) is 76.1 Å². The molecule has 3 rings (SSSR count). The van der Waals surface area contributed by atoms with Crippen molar-refractivity contribution in [2.24, 2.45) is 0 Å². The Morgan fingerprint density at radius 3 is 2.53 bits per heavy atom. The van der Waals surface area contributed by atoms with Gasteiger partial charge in [-0.25, -0.2) is 4.98 Å². The van der Waals surface area contributed by atoms with Gasteiger partial charge in [-0.2, -0.15) is 13.2 Å². The number of nitrogens with one attached hydrogen (secondary N) is 4. The van der Waals surface area contributed by atoms with Gasteiger partial charge in [0.15, 0.2) is 0 Å². The molecule has 2 aromatic rings. The van der Waals surface area contributed by atoms with Crippen LogP contribution in [-0.4, -0.2) is 49.6 Å². The lowest BCUT2D eigenvalue weighted by molar-refractivity contribution is -0.127. The van der Waals surface area contributed by atoms with Crippen LogP contribution in [0.2, 0.25) is 0 Å². The molecule has 1 aliphatic heterocycles. The van der Waals surface area contributed by atoms with Gasteiger partial charge in [-0.1, -0.05) is 25.3 Å². The molecule has 0 amide bonds. The van der Waals surface area contributed by atoms with Crippen molar-refractivity contribution < 1.29 is 13.2 Å². The van der Waals surface area contributed by atoms with E-state index >= 15 is 0 Å². The minimum Gasteiger partial charge on any atom is -0.380 e. The van der Waals surface area contributed by atoms with Gasteiger partial charge in [0, 0.05) is 36.7 Å². The molecule has 170 valence electrons. The first-order valence-corrected chi connectivity index (χ1v) is 10.2. The number of rotatable bonds is 10. The summed E-state index contributed by atoms with van der Waals surface area (Å²) in [6.45, 7) is 9.31. The summed E-state index contributed by atoms with van der Waals surface area (Å²) in [7, 11) is 1.91. The Morgan fingerprint density at radius 1 is 1.25 bits per heavy atom. The second-order valence-corrected chi connectivity index (χ2v) is 7.62. The number of benzene rings is 1. The summed E-state index contributed by atoms with van der Waals surface area (Å²) in [5, 5.41) is 18.1. The summed E-state index contributed by atoms with van der Waals surface area (Å²) in [6.07, 6.45) is -1.99. The van der Waals surface area contributed by atoms with Gasteiger partial charge >= 0.3 is 6.18 Å². The van der Waals surface area contributed by atoms with E-state index in [1.807, 2.05) is 13.1 Å². The highest BCUT2D eigenvalue weighted by molar-refractivity contribution is 6.09. The molecule has 1 saturated heterocycles. The Hall–Kier alpha value is -3.33. The maximum atomic E-state index is 12.6. The third-order valence-electron chi connectivity index (χ3n) is 5.22. The van der Waals surface area contributed by atoms with Gasteiger partial charge in [0.05, 0.1) is 29.9 Å². The molecule has 1 aromatic heterocycles. The minimum absolute atomic E-state index is 0.184. The Balaban J connectivity index is 1.86. The van der Waals surface area contributed by atoms with E-state index in [2.05, 4.69) is 39.0 Å². The molecule has 4 N–H and O–H groups in total. The second kappa shape index (κ2) is 9.86. The SMILES string of the molecule is C=CC(=C)NCC(=N)c1c(N2CC(NC)C2)ccnc1Nc1ccc(CC(F)(F)F)cc1. The number of alkyl halides is 3. The number of anilines is 3. The Bertz CT molecular complexity index is 978. The van der Waals surface area contributed by atoms with Gasteiger partial charge in [0.2, 0.25) is 0 Å². The highest BCUT2D eigenvalue weighted by atomic mass is 19.4. The summed E-state index contributed by atoms with van der Waals surface area (Å²) >= 11 is 0. The normalized spacial score (nSPS) is 13.9. The lowest BCUT2D eigenvalue weighted by Gasteiger charge is -2.42. The zero-order chi connectivity index (χ0) is 23.3. The fraction of sp³-hybridized carbons (Fsp3) is 0.304. The van der Waals surface area contributed by atoms with E-state index in [9.17, 15) is 13.2 Å². The molecule has 1 aromatic carbocycles. The number of allylic oxidation sites excluding steroid dienone is 1. The molecular formula is C23H27F3N6. The number of halogens is 3. The van der Waals surface area contributed by atoms with E-state index in [0.717, 1.165) is 18.8 Å². The molecule has 6 nitrogen and oxygen atoms in total. The molecule has 1 fully saturated rings. The Morgan fingerprint density at radius 2 is 1.94 bits per heavy atom. The zero-order valence-electron chi connectivity index (χ0n) is 17.9. The number of hydrogen-bond donors (Lipinski definition) is 4. The van der Waals surface area contributed by atoms with Gasteiger partial charge in [-0.15, -0.1) is 0 Å². The van der Waals surface area contributed by atoms with Crippen LogP contribution in [0.4, 0.5) is 30.4 Å². The summed E-state index contributed by atoms with van der Waals surface area (Å²) in [4.78, 5) is 6.58. The van der Waals surface area contributed by atoms with Crippen molar-refractivity contribution in [3.8, 4) is 0 Å². The molecule has 9 heteroatoms. The molecule has 0 saturated carbocycles. The number of pyridine rings is 1. The lowest BCUT2D eigenvalue weighted by atomic mass is 10.0. The fourth-order valence-electron chi connectivity index (χ4n) is 3.40. The molecule has 0 aliphatic carbocycles. The highest BCUT2D eigenvalue weighted by Gasteiger charge is 2.29. The van der Waals surface area contributed by atoms with Crippen LogP contribution < -0.4 is 20.9 Å². The third-order valence-corrected chi connectivity index (χ3v) is 5.22. The van der Waals surface area contributed by atoms with Crippen molar-refractivity contribution in [2.75, 3.05) is 36.9 Å². The van der Waals surface area contributed by atoms with E-state index in [1.54, 1.807) is 24.4 Å². The maximum Gasteiger partial charge on any atom is 0.393 e. The predicted molar refractivity (Wildman–Crippen MR) is 123 cm³/mol. The first-order valence-electron chi connectivity index (χ1n) is 10.2. The van der Waals surface area contributed by atoms with Gasteiger partial charge in [-0.05, 0) is 36.9 Å². The molecule has 0 atom stereocenters. The second-order valence-electron chi connectivity index (χ2n) is 7.62. The number of aromatic nitrogens is 1. The smallest absolute Gasteiger partial charge is 0.380 e. The van der Waals surface area contributed by atoms with E-state index in [1.165, 1.54) is 12.1 Å². The van der Waals surface area contributed by atoms with Gasteiger partial charge in [0.25, 0.3) is 0 Å². The number of likely N-dealkylation sites (N-methyl/N-ethyl adjacent to an activating group) is 1. The average Bonchev–Trinajstić information content (AvgIpc) is 2.71. The standard InChI is InChI=1S/C23H27F3N6/c1-4-15(2)30-12-19(27)21-20(32-13-18(14-32)28-3)9-10-29-22(21)31-17-7-5-16(6-8-17)11-23(24,25)26/h4-10,18,27-28,30H,1-2,11-14H2,3H3,(H,29,31). The Labute approximate surface area is 185 Å². The number of nitrogens with zero attached hydrogens (tertiary/aromatic N) is 2. The molecule has 0 spiro atoms. The van der Waals surface area contributed by atoms with Crippen LogP contribution in [0.25, 0.3) is 0 Å². The van der Waals surface area contributed by atoms with Crippen molar-refractivity contribution in [3.63, 3.8) is 0 Å². The quantitative estimate of drug-likeness (QED) is 0.329. The van der Waals surface area contributed by atoms with Crippen LogP contribution in [0.15, 0.2) is 61.5 Å². The monoisotopic (exact) mass is 444 g/mol. The maximum absolute atomic E-state index is 12.6. The van der Waals surface area contributed by atoms with Crippen LogP contribution in [0.5, 0.6) is 0 Å². The molecule has 32 heavy (non-hydrogen) atoms. The van der Waals surface area contributed by atoms with Crippen molar-refractivity contribution in [3.05, 3.63) is 72.6 Å². The minimum atomic E-state index is -4.25. The largest absolute Gasteiger partial charge is 0.393 e. The summed E-state index contributed by atoms with van der Waals surface area (Å²) < 4.78 is 37.9. The molecule has 0 unspecified atom stereocenters. The summed E-state index contributed by atoms with van der Waals surface area (Å²) in [6, 6.07) is 8.29. The predicted octanol–water partition coefficient (Wildman–Crippen LogP) is 4.00. The van der Waals surface area contributed by atoms with Gasteiger partial charge < -0.3 is 26.3 Å². The molecule has 1 aliphatic rings. The first-order chi connectivity index (χ1) is 15.2. The average molecular weight is 445 g/mol. The van der Waals surface area contributed by atoms with Crippen molar-refractivity contribution in [2.45, 2.75) is 18.6 Å². The van der Waals surface area contributed by atoms with Gasteiger partial charge in [0.1, 0.15) is 5.82 Å².